The first-order valence-corrected chi connectivity index (χ1v) is 6.12. The molecular formula is C14H13N3S. The Morgan fingerprint density at radius 1 is 1.06 bits per heavy atom. The van der Waals surface area contributed by atoms with Gasteiger partial charge in [-0.2, -0.15) is 0 Å². The van der Waals surface area contributed by atoms with Gasteiger partial charge in [0.2, 0.25) is 0 Å². The minimum absolute atomic E-state index is 0.287. The van der Waals surface area contributed by atoms with Crippen molar-refractivity contribution in [1.29, 1.82) is 0 Å². The van der Waals surface area contributed by atoms with Gasteiger partial charge in [-0.05, 0) is 65.2 Å². The summed E-state index contributed by atoms with van der Waals surface area (Å²) in [5.74, 6) is 0. The average Bonchev–Trinajstić information content (AvgIpc) is 2.65. The second-order valence-corrected chi connectivity index (χ2v) is 4.89. The van der Waals surface area contributed by atoms with Crippen molar-refractivity contribution < 1.29 is 0 Å². The lowest BCUT2D eigenvalue weighted by Crippen LogP contribution is -2.18. The van der Waals surface area contributed by atoms with Crippen LogP contribution in [0, 0.1) is 0 Å². The third-order valence-corrected chi connectivity index (χ3v) is 3.28. The highest BCUT2D eigenvalue weighted by molar-refractivity contribution is 7.80. The molecule has 1 aliphatic rings. The third kappa shape index (κ3) is 1.80. The first-order chi connectivity index (χ1) is 8.63. The maximum Gasteiger partial charge on any atom is 0.168 e. The first-order valence-electron chi connectivity index (χ1n) is 5.71. The van der Waals surface area contributed by atoms with Gasteiger partial charge < -0.3 is 16.8 Å². The molecule has 3 nitrogen and oxygen atoms in total. The van der Waals surface area contributed by atoms with Gasteiger partial charge in [-0.3, -0.25) is 0 Å². The van der Waals surface area contributed by atoms with Gasteiger partial charge in [-0.25, -0.2) is 0 Å². The summed E-state index contributed by atoms with van der Waals surface area (Å²) in [6.45, 7) is 0. The standard InChI is InChI=1S/C14H13N3S/c15-10-2-1-8-5-9-6-11(17-14(16)18)3-4-12(9)13(8)7-10/h1-4,6-7H,5,15H2,(H3,16,17,18). The van der Waals surface area contributed by atoms with E-state index in [4.69, 9.17) is 23.7 Å². The second-order valence-electron chi connectivity index (χ2n) is 4.45. The lowest BCUT2D eigenvalue weighted by Gasteiger charge is -2.06. The SMILES string of the molecule is NC(=S)Nc1ccc2c(c1)Cc1ccc(N)cc1-2. The van der Waals surface area contributed by atoms with Crippen LogP contribution in [0.25, 0.3) is 11.1 Å². The van der Waals surface area contributed by atoms with Crippen LogP contribution in [-0.2, 0) is 6.42 Å². The molecule has 0 atom stereocenters. The normalized spacial score (nSPS) is 11.8. The van der Waals surface area contributed by atoms with Crippen LogP contribution in [-0.4, -0.2) is 5.11 Å². The average molecular weight is 255 g/mol. The molecule has 0 aliphatic heterocycles. The van der Waals surface area contributed by atoms with E-state index < -0.39 is 0 Å². The van der Waals surface area contributed by atoms with Gasteiger partial charge in [0.05, 0.1) is 0 Å². The lowest BCUT2D eigenvalue weighted by atomic mass is 10.0. The van der Waals surface area contributed by atoms with Gasteiger partial charge in [0, 0.05) is 11.4 Å². The number of nitrogen functional groups attached to an aromatic ring is 1. The minimum Gasteiger partial charge on any atom is -0.399 e. The van der Waals surface area contributed by atoms with Crippen molar-refractivity contribution in [2.45, 2.75) is 6.42 Å². The van der Waals surface area contributed by atoms with E-state index in [0.29, 0.717) is 0 Å². The van der Waals surface area contributed by atoms with E-state index in [0.717, 1.165) is 17.8 Å². The molecule has 90 valence electrons. The Morgan fingerprint density at radius 3 is 2.67 bits per heavy atom. The maximum absolute atomic E-state index is 5.84. The highest BCUT2D eigenvalue weighted by Gasteiger charge is 2.18. The van der Waals surface area contributed by atoms with Crippen molar-refractivity contribution in [3.8, 4) is 11.1 Å². The van der Waals surface area contributed by atoms with Crippen molar-refractivity contribution in [2.24, 2.45) is 5.73 Å². The Labute approximate surface area is 111 Å². The van der Waals surface area contributed by atoms with Crippen molar-refractivity contribution in [3.63, 3.8) is 0 Å². The molecule has 0 radical (unpaired) electrons. The summed E-state index contributed by atoms with van der Waals surface area (Å²) in [7, 11) is 0. The molecule has 2 aromatic rings. The molecule has 0 aromatic heterocycles. The van der Waals surface area contributed by atoms with Crippen molar-refractivity contribution in [1.82, 2.24) is 0 Å². The van der Waals surface area contributed by atoms with Crippen LogP contribution in [0.1, 0.15) is 11.1 Å². The number of anilines is 2. The number of thiocarbonyl (C=S) groups is 1. The molecule has 0 saturated carbocycles. The Hall–Kier alpha value is -2.07. The number of hydrogen-bond donors (Lipinski definition) is 3. The van der Waals surface area contributed by atoms with E-state index in [9.17, 15) is 0 Å². The summed E-state index contributed by atoms with van der Waals surface area (Å²) in [5.41, 5.74) is 18.1. The second kappa shape index (κ2) is 3.99. The van der Waals surface area contributed by atoms with Crippen molar-refractivity contribution in [2.75, 3.05) is 11.1 Å². The minimum atomic E-state index is 0.287. The van der Waals surface area contributed by atoms with Crippen molar-refractivity contribution in [3.05, 3.63) is 47.5 Å². The molecule has 0 saturated heterocycles. The summed E-state index contributed by atoms with van der Waals surface area (Å²) in [5, 5.41) is 3.24. The van der Waals surface area contributed by atoms with Crippen LogP contribution in [0.5, 0.6) is 0 Å². The maximum atomic E-state index is 5.84. The number of fused-ring (bicyclic) bond motifs is 3. The highest BCUT2D eigenvalue weighted by atomic mass is 32.1. The zero-order valence-corrected chi connectivity index (χ0v) is 10.6. The largest absolute Gasteiger partial charge is 0.399 e. The van der Waals surface area contributed by atoms with E-state index in [1.165, 1.54) is 22.3 Å². The zero-order valence-electron chi connectivity index (χ0n) is 9.73. The molecule has 0 amide bonds. The Morgan fingerprint density at radius 2 is 1.89 bits per heavy atom. The van der Waals surface area contributed by atoms with E-state index in [1.807, 2.05) is 18.2 Å². The Bertz CT molecular complexity index is 649. The van der Waals surface area contributed by atoms with E-state index in [-0.39, 0.29) is 5.11 Å². The van der Waals surface area contributed by atoms with Crippen LogP contribution in [0.3, 0.4) is 0 Å². The van der Waals surface area contributed by atoms with Crippen LogP contribution in [0.4, 0.5) is 11.4 Å². The summed E-state index contributed by atoms with van der Waals surface area (Å²) >= 11 is 4.84. The molecular weight excluding hydrogens is 242 g/mol. The number of hydrogen-bond acceptors (Lipinski definition) is 2. The van der Waals surface area contributed by atoms with Gasteiger partial charge >= 0.3 is 0 Å². The molecule has 4 heteroatoms. The fraction of sp³-hybridized carbons (Fsp3) is 0.0714. The Balaban J connectivity index is 2.05. The van der Waals surface area contributed by atoms with E-state index >= 15 is 0 Å². The van der Waals surface area contributed by atoms with Crippen molar-refractivity contribution >= 4 is 28.7 Å². The highest BCUT2D eigenvalue weighted by Crippen LogP contribution is 2.38. The van der Waals surface area contributed by atoms with Gasteiger partial charge in [-0.1, -0.05) is 12.1 Å². The monoisotopic (exact) mass is 255 g/mol. The summed E-state index contributed by atoms with van der Waals surface area (Å²) < 4.78 is 0. The fourth-order valence-corrected chi connectivity index (χ4v) is 2.54. The van der Waals surface area contributed by atoms with Gasteiger partial charge in [0.1, 0.15) is 0 Å². The Kier molecular flexibility index (Phi) is 2.45. The fourth-order valence-electron chi connectivity index (χ4n) is 2.43. The molecule has 0 heterocycles. The molecule has 0 bridgehead atoms. The lowest BCUT2D eigenvalue weighted by molar-refractivity contribution is 1.26. The molecule has 0 unspecified atom stereocenters. The molecule has 2 aromatic carbocycles. The van der Waals surface area contributed by atoms with Crippen LogP contribution >= 0.6 is 12.2 Å². The van der Waals surface area contributed by atoms with E-state index in [1.54, 1.807) is 0 Å². The summed E-state index contributed by atoms with van der Waals surface area (Å²) in [4.78, 5) is 0. The quantitative estimate of drug-likeness (QED) is 0.462. The van der Waals surface area contributed by atoms with Crippen LogP contribution in [0.2, 0.25) is 0 Å². The predicted molar refractivity (Wildman–Crippen MR) is 79.5 cm³/mol. The van der Waals surface area contributed by atoms with Gasteiger partial charge in [0.25, 0.3) is 0 Å². The predicted octanol–water partition coefficient (Wildman–Crippen LogP) is 2.50. The van der Waals surface area contributed by atoms with Gasteiger partial charge in [0.15, 0.2) is 5.11 Å². The topological polar surface area (TPSA) is 64.1 Å². The molecule has 0 spiro atoms. The smallest absolute Gasteiger partial charge is 0.168 e. The first kappa shape index (κ1) is 11.0. The number of benzene rings is 2. The molecule has 1 aliphatic carbocycles. The van der Waals surface area contributed by atoms with Crippen LogP contribution in [0.15, 0.2) is 36.4 Å². The summed E-state index contributed by atoms with van der Waals surface area (Å²) in [6, 6.07) is 12.2. The van der Waals surface area contributed by atoms with Crippen LogP contribution < -0.4 is 16.8 Å². The molecule has 5 N–H and O–H groups in total. The summed E-state index contributed by atoms with van der Waals surface area (Å²) in [6.07, 6.45) is 0.928. The number of nitrogens with two attached hydrogens (primary N) is 2. The number of nitrogens with one attached hydrogen (secondary N) is 1. The van der Waals surface area contributed by atoms with E-state index in [2.05, 4.69) is 23.5 Å². The zero-order chi connectivity index (χ0) is 12.7. The number of rotatable bonds is 1. The third-order valence-electron chi connectivity index (χ3n) is 3.18. The molecule has 18 heavy (non-hydrogen) atoms. The molecule has 0 fully saturated rings. The van der Waals surface area contributed by atoms with Gasteiger partial charge in [-0.15, -0.1) is 0 Å². The molecule has 3 rings (SSSR count).